The van der Waals surface area contributed by atoms with Gasteiger partial charge in [0.1, 0.15) is 0 Å². The average Bonchev–Trinajstić information content (AvgIpc) is 2.33. The van der Waals surface area contributed by atoms with Gasteiger partial charge in [-0.05, 0) is 43.5 Å². The van der Waals surface area contributed by atoms with Crippen LogP contribution in [0.5, 0.6) is 0 Å². The minimum atomic E-state index is -0.272. The molecule has 4 heteroatoms. The van der Waals surface area contributed by atoms with E-state index in [0.717, 1.165) is 21.2 Å². The minimum Gasteiger partial charge on any atom is -0.469 e. The SMILES string of the molecule is COC(=O)CCCC(=O)c1cc(C)c(Br)cc1C. The van der Waals surface area contributed by atoms with Crippen LogP contribution >= 0.6 is 15.9 Å². The lowest BCUT2D eigenvalue weighted by atomic mass is 9.99. The summed E-state index contributed by atoms with van der Waals surface area (Å²) in [7, 11) is 1.35. The van der Waals surface area contributed by atoms with Crippen LogP contribution in [-0.4, -0.2) is 18.9 Å². The van der Waals surface area contributed by atoms with Gasteiger partial charge in [0.05, 0.1) is 7.11 Å². The number of benzene rings is 1. The largest absolute Gasteiger partial charge is 0.469 e. The van der Waals surface area contributed by atoms with Gasteiger partial charge < -0.3 is 4.74 Å². The molecule has 1 aromatic rings. The van der Waals surface area contributed by atoms with Crippen LogP contribution in [0.1, 0.15) is 40.7 Å². The van der Waals surface area contributed by atoms with E-state index in [2.05, 4.69) is 20.7 Å². The highest BCUT2D eigenvalue weighted by Gasteiger charge is 2.12. The average molecular weight is 313 g/mol. The van der Waals surface area contributed by atoms with Crippen molar-refractivity contribution in [2.24, 2.45) is 0 Å². The zero-order valence-electron chi connectivity index (χ0n) is 10.9. The maximum atomic E-state index is 12.0. The highest BCUT2D eigenvalue weighted by atomic mass is 79.9. The first-order valence-electron chi connectivity index (χ1n) is 5.82. The summed E-state index contributed by atoms with van der Waals surface area (Å²) in [6, 6.07) is 3.84. The highest BCUT2D eigenvalue weighted by molar-refractivity contribution is 9.10. The number of aryl methyl sites for hydroxylation is 2. The molecule has 1 rings (SSSR count). The fourth-order valence-corrected chi connectivity index (χ4v) is 2.17. The molecule has 0 bridgehead atoms. The summed E-state index contributed by atoms with van der Waals surface area (Å²) >= 11 is 3.44. The molecule has 0 heterocycles. The number of carbonyl (C=O) groups excluding carboxylic acids is 2. The fourth-order valence-electron chi connectivity index (χ4n) is 1.71. The lowest BCUT2D eigenvalue weighted by molar-refractivity contribution is -0.140. The van der Waals surface area contributed by atoms with Crippen molar-refractivity contribution < 1.29 is 14.3 Å². The van der Waals surface area contributed by atoms with E-state index < -0.39 is 0 Å². The van der Waals surface area contributed by atoms with Crippen molar-refractivity contribution in [1.29, 1.82) is 0 Å². The van der Waals surface area contributed by atoms with Crippen LogP contribution < -0.4 is 0 Å². The third-order valence-electron chi connectivity index (χ3n) is 2.82. The first-order chi connectivity index (χ1) is 8.45. The van der Waals surface area contributed by atoms with Gasteiger partial charge >= 0.3 is 5.97 Å². The topological polar surface area (TPSA) is 43.4 Å². The van der Waals surface area contributed by atoms with Gasteiger partial charge in [-0.3, -0.25) is 9.59 Å². The lowest BCUT2D eigenvalue weighted by Gasteiger charge is -2.08. The summed E-state index contributed by atoms with van der Waals surface area (Å²) in [6.07, 6.45) is 1.19. The van der Waals surface area contributed by atoms with Crippen LogP contribution in [0.15, 0.2) is 16.6 Å². The maximum absolute atomic E-state index is 12.0. The molecule has 0 aromatic heterocycles. The second-order valence-electron chi connectivity index (χ2n) is 4.27. The number of ether oxygens (including phenoxy) is 1. The summed E-state index contributed by atoms with van der Waals surface area (Å²) in [4.78, 5) is 23.0. The van der Waals surface area contributed by atoms with E-state index in [1.807, 2.05) is 26.0 Å². The second kappa shape index (κ2) is 6.69. The normalized spacial score (nSPS) is 10.2. The second-order valence-corrected chi connectivity index (χ2v) is 5.12. The molecule has 0 spiro atoms. The monoisotopic (exact) mass is 312 g/mol. The molecule has 1 aromatic carbocycles. The van der Waals surface area contributed by atoms with E-state index in [0.29, 0.717) is 12.8 Å². The number of esters is 1. The van der Waals surface area contributed by atoms with Crippen LogP contribution in [0.2, 0.25) is 0 Å². The van der Waals surface area contributed by atoms with E-state index in [1.165, 1.54) is 7.11 Å². The van der Waals surface area contributed by atoms with Crippen molar-refractivity contribution >= 4 is 27.7 Å². The molecule has 0 fully saturated rings. The van der Waals surface area contributed by atoms with Gasteiger partial charge in [0.15, 0.2) is 5.78 Å². The molecule has 0 aliphatic heterocycles. The molecule has 0 unspecified atom stereocenters. The number of rotatable bonds is 5. The Morgan fingerprint density at radius 1 is 1.17 bits per heavy atom. The Labute approximate surface area is 116 Å². The molecule has 0 amide bonds. The molecule has 0 atom stereocenters. The van der Waals surface area contributed by atoms with Crippen molar-refractivity contribution in [2.75, 3.05) is 7.11 Å². The van der Waals surface area contributed by atoms with Gasteiger partial charge in [0, 0.05) is 22.9 Å². The van der Waals surface area contributed by atoms with Gasteiger partial charge in [0.2, 0.25) is 0 Å². The Morgan fingerprint density at radius 3 is 2.44 bits per heavy atom. The third-order valence-corrected chi connectivity index (χ3v) is 3.67. The molecule has 0 aliphatic carbocycles. The Morgan fingerprint density at radius 2 is 1.83 bits per heavy atom. The Balaban J connectivity index is 2.67. The Kier molecular flexibility index (Phi) is 5.54. The first kappa shape index (κ1) is 14.9. The summed E-state index contributed by atoms with van der Waals surface area (Å²) in [6.45, 7) is 3.87. The zero-order chi connectivity index (χ0) is 13.7. The number of methoxy groups -OCH3 is 1. The maximum Gasteiger partial charge on any atom is 0.305 e. The Bertz CT molecular complexity index is 466. The van der Waals surface area contributed by atoms with E-state index in [-0.39, 0.29) is 18.2 Å². The molecule has 18 heavy (non-hydrogen) atoms. The van der Waals surface area contributed by atoms with Gasteiger partial charge in [0.25, 0.3) is 0 Å². The van der Waals surface area contributed by atoms with Crippen molar-refractivity contribution in [2.45, 2.75) is 33.1 Å². The molecule has 0 aliphatic rings. The fraction of sp³-hybridized carbons (Fsp3) is 0.429. The number of carbonyl (C=O) groups is 2. The van der Waals surface area contributed by atoms with Crippen LogP contribution in [0.25, 0.3) is 0 Å². The molecule has 0 saturated carbocycles. The summed E-state index contributed by atoms with van der Waals surface area (Å²) in [5.41, 5.74) is 2.73. The minimum absolute atomic E-state index is 0.0759. The molecule has 0 radical (unpaired) electrons. The molecular formula is C14H17BrO3. The predicted molar refractivity (Wildman–Crippen MR) is 73.8 cm³/mol. The van der Waals surface area contributed by atoms with Crippen molar-refractivity contribution in [3.05, 3.63) is 33.3 Å². The smallest absolute Gasteiger partial charge is 0.305 e. The van der Waals surface area contributed by atoms with Crippen molar-refractivity contribution in [1.82, 2.24) is 0 Å². The molecule has 0 N–H and O–H groups in total. The quantitative estimate of drug-likeness (QED) is 0.616. The lowest BCUT2D eigenvalue weighted by Crippen LogP contribution is -2.05. The number of hydrogen-bond acceptors (Lipinski definition) is 3. The van der Waals surface area contributed by atoms with E-state index >= 15 is 0 Å². The molecule has 3 nitrogen and oxygen atoms in total. The summed E-state index contributed by atoms with van der Waals surface area (Å²) in [5.74, 6) is -0.196. The standard InChI is InChI=1S/C14H17BrO3/c1-9-8-12(15)10(2)7-11(9)13(16)5-4-6-14(17)18-3/h7-8H,4-6H2,1-3H3. The van der Waals surface area contributed by atoms with Crippen LogP contribution in [0.3, 0.4) is 0 Å². The van der Waals surface area contributed by atoms with Crippen molar-refractivity contribution in [3.63, 3.8) is 0 Å². The van der Waals surface area contributed by atoms with Gasteiger partial charge in [-0.1, -0.05) is 15.9 Å². The van der Waals surface area contributed by atoms with E-state index in [9.17, 15) is 9.59 Å². The van der Waals surface area contributed by atoms with E-state index in [4.69, 9.17) is 0 Å². The first-order valence-corrected chi connectivity index (χ1v) is 6.61. The third kappa shape index (κ3) is 3.95. The van der Waals surface area contributed by atoms with Crippen LogP contribution in [-0.2, 0) is 9.53 Å². The van der Waals surface area contributed by atoms with E-state index in [1.54, 1.807) is 0 Å². The van der Waals surface area contributed by atoms with Gasteiger partial charge in [-0.15, -0.1) is 0 Å². The van der Waals surface area contributed by atoms with Crippen LogP contribution in [0.4, 0.5) is 0 Å². The van der Waals surface area contributed by atoms with Crippen LogP contribution in [0, 0.1) is 13.8 Å². The molecule has 0 saturated heterocycles. The molecule has 98 valence electrons. The summed E-state index contributed by atoms with van der Waals surface area (Å²) < 4.78 is 5.55. The number of hydrogen-bond donors (Lipinski definition) is 0. The number of ketones is 1. The predicted octanol–water partition coefficient (Wildman–Crippen LogP) is 3.59. The highest BCUT2D eigenvalue weighted by Crippen LogP contribution is 2.22. The van der Waals surface area contributed by atoms with Crippen molar-refractivity contribution in [3.8, 4) is 0 Å². The Hall–Kier alpha value is -1.16. The van der Waals surface area contributed by atoms with Gasteiger partial charge in [-0.25, -0.2) is 0 Å². The zero-order valence-corrected chi connectivity index (χ0v) is 12.5. The van der Waals surface area contributed by atoms with Gasteiger partial charge in [-0.2, -0.15) is 0 Å². The molecular weight excluding hydrogens is 296 g/mol. The summed E-state index contributed by atoms with van der Waals surface area (Å²) in [5, 5.41) is 0. The number of halogens is 1. The number of Topliss-reactive ketones (excluding diaryl/α,β-unsaturated/α-hetero) is 1.